The summed E-state index contributed by atoms with van der Waals surface area (Å²) in [5, 5.41) is 23.0. The van der Waals surface area contributed by atoms with E-state index in [0.29, 0.717) is 21.8 Å². The zero-order valence-electron chi connectivity index (χ0n) is 13.1. The molecule has 1 heterocycles. The molecular weight excluding hydrogens is 328 g/mol. The minimum absolute atomic E-state index is 0.0255. The number of anilines is 1. The van der Waals surface area contributed by atoms with Crippen LogP contribution < -0.4 is 5.32 Å². The second-order valence-corrected chi connectivity index (χ2v) is 5.97. The summed E-state index contributed by atoms with van der Waals surface area (Å²) in [7, 11) is 0. The van der Waals surface area contributed by atoms with Crippen LogP contribution in [0.15, 0.2) is 35.4 Å². The first-order valence-corrected chi connectivity index (χ1v) is 7.94. The number of carbonyl (C=O) groups excluding carboxylic acids is 1. The molecule has 0 unspecified atom stereocenters. The van der Waals surface area contributed by atoms with Crippen molar-refractivity contribution in [2.45, 2.75) is 18.9 Å². The molecular formula is C16H14N4O3S. The van der Waals surface area contributed by atoms with Gasteiger partial charge in [0.1, 0.15) is 11.1 Å². The van der Waals surface area contributed by atoms with Gasteiger partial charge in [0.2, 0.25) is 5.91 Å². The summed E-state index contributed by atoms with van der Waals surface area (Å²) < 4.78 is 0. The van der Waals surface area contributed by atoms with Crippen molar-refractivity contribution in [2.24, 2.45) is 0 Å². The summed E-state index contributed by atoms with van der Waals surface area (Å²) in [6, 6.07) is 9.69. The molecule has 0 aliphatic carbocycles. The Hall–Kier alpha value is -2.92. The van der Waals surface area contributed by atoms with Crippen molar-refractivity contribution in [1.29, 1.82) is 5.26 Å². The highest BCUT2D eigenvalue weighted by atomic mass is 32.2. The Bertz CT molecular complexity index is 846. The highest BCUT2D eigenvalue weighted by molar-refractivity contribution is 8.00. The summed E-state index contributed by atoms with van der Waals surface area (Å²) in [4.78, 5) is 26.6. The van der Waals surface area contributed by atoms with Crippen molar-refractivity contribution < 1.29 is 9.72 Å². The van der Waals surface area contributed by atoms with Crippen LogP contribution in [0.5, 0.6) is 0 Å². The van der Waals surface area contributed by atoms with Crippen LogP contribution in [0, 0.1) is 35.3 Å². The van der Waals surface area contributed by atoms with Crippen LogP contribution >= 0.6 is 11.8 Å². The molecule has 0 aliphatic heterocycles. The van der Waals surface area contributed by atoms with E-state index in [9.17, 15) is 14.9 Å². The molecule has 1 amide bonds. The van der Waals surface area contributed by atoms with Crippen LogP contribution in [0.3, 0.4) is 0 Å². The highest BCUT2D eigenvalue weighted by Gasteiger charge is 2.12. The molecule has 0 fully saturated rings. The van der Waals surface area contributed by atoms with E-state index in [0.717, 1.165) is 5.69 Å². The minimum atomic E-state index is -0.485. The Morgan fingerprint density at radius 3 is 2.75 bits per heavy atom. The lowest BCUT2D eigenvalue weighted by molar-refractivity contribution is -0.384. The molecule has 0 bridgehead atoms. The molecule has 24 heavy (non-hydrogen) atoms. The van der Waals surface area contributed by atoms with Gasteiger partial charge in [-0.15, -0.1) is 0 Å². The van der Waals surface area contributed by atoms with Crippen molar-refractivity contribution in [2.75, 3.05) is 11.1 Å². The Balaban J connectivity index is 2.03. The van der Waals surface area contributed by atoms with Crippen molar-refractivity contribution in [1.82, 2.24) is 4.98 Å². The van der Waals surface area contributed by atoms with Gasteiger partial charge in [-0.05, 0) is 37.6 Å². The van der Waals surface area contributed by atoms with E-state index in [4.69, 9.17) is 5.26 Å². The number of rotatable bonds is 5. The van der Waals surface area contributed by atoms with Crippen molar-refractivity contribution in [3.8, 4) is 6.07 Å². The maximum atomic E-state index is 12.1. The van der Waals surface area contributed by atoms with Gasteiger partial charge in [-0.3, -0.25) is 14.9 Å². The Morgan fingerprint density at radius 1 is 1.38 bits per heavy atom. The number of benzene rings is 1. The molecule has 8 heteroatoms. The molecule has 1 N–H and O–H groups in total. The number of hydrogen-bond acceptors (Lipinski definition) is 6. The summed E-state index contributed by atoms with van der Waals surface area (Å²) in [5.41, 5.74) is 2.29. The molecule has 2 aromatic rings. The molecule has 0 aliphatic rings. The third-order valence-electron chi connectivity index (χ3n) is 3.15. The Morgan fingerprint density at radius 2 is 2.12 bits per heavy atom. The predicted molar refractivity (Wildman–Crippen MR) is 90.9 cm³/mol. The molecule has 1 aromatic carbocycles. The number of nitro benzene ring substituents is 1. The molecule has 0 saturated carbocycles. The number of nitrogens with zero attached hydrogens (tertiary/aromatic N) is 3. The second kappa shape index (κ2) is 7.57. The lowest BCUT2D eigenvalue weighted by Gasteiger charge is -2.08. The van der Waals surface area contributed by atoms with Gasteiger partial charge in [0.15, 0.2) is 0 Å². The van der Waals surface area contributed by atoms with E-state index in [1.54, 1.807) is 19.1 Å². The quantitative estimate of drug-likeness (QED) is 0.507. The molecule has 7 nitrogen and oxygen atoms in total. The van der Waals surface area contributed by atoms with E-state index in [1.165, 1.54) is 30.0 Å². The van der Waals surface area contributed by atoms with Crippen molar-refractivity contribution in [3.05, 3.63) is 57.3 Å². The molecule has 2 rings (SSSR count). The lowest BCUT2D eigenvalue weighted by atomic mass is 10.2. The number of carbonyl (C=O) groups is 1. The van der Waals surface area contributed by atoms with Gasteiger partial charge in [0.25, 0.3) is 5.69 Å². The van der Waals surface area contributed by atoms with Crippen LogP contribution in [-0.4, -0.2) is 21.6 Å². The summed E-state index contributed by atoms with van der Waals surface area (Å²) >= 11 is 1.17. The van der Waals surface area contributed by atoms with Gasteiger partial charge in [-0.1, -0.05) is 11.8 Å². The molecule has 0 radical (unpaired) electrons. The SMILES string of the molecule is Cc1ccc(C#N)c(SCC(=O)Nc2ccc([N+](=O)[O-])cc2C)n1. The topological polar surface area (TPSA) is 109 Å². The second-order valence-electron chi connectivity index (χ2n) is 5.01. The normalized spacial score (nSPS) is 10.0. The molecule has 1 aromatic heterocycles. The van der Waals surface area contributed by atoms with Crippen LogP contribution in [0.2, 0.25) is 0 Å². The van der Waals surface area contributed by atoms with Gasteiger partial charge in [-0.25, -0.2) is 4.98 Å². The number of hydrogen-bond donors (Lipinski definition) is 1. The number of pyridine rings is 1. The number of nitrogens with one attached hydrogen (secondary N) is 1. The van der Waals surface area contributed by atoms with Crippen molar-refractivity contribution >= 4 is 29.0 Å². The van der Waals surface area contributed by atoms with Gasteiger partial charge >= 0.3 is 0 Å². The van der Waals surface area contributed by atoms with Gasteiger partial charge in [0.05, 0.1) is 16.2 Å². The minimum Gasteiger partial charge on any atom is -0.325 e. The van der Waals surface area contributed by atoms with Crippen LogP contribution in [0.4, 0.5) is 11.4 Å². The Labute approximate surface area is 142 Å². The number of non-ortho nitro benzene ring substituents is 1. The number of aryl methyl sites for hydroxylation is 2. The zero-order chi connectivity index (χ0) is 17.7. The average Bonchev–Trinajstić information content (AvgIpc) is 2.54. The third-order valence-corrected chi connectivity index (χ3v) is 4.15. The highest BCUT2D eigenvalue weighted by Crippen LogP contribution is 2.23. The van der Waals surface area contributed by atoms with Crippen molar-refractivity contribution in [3.63, 3.8) is 0 Å². The number of amides is 1. The van der Waals surface area contributed by atoms with E-state index in [2.05, 4.69) is 10.3 Å². The monoisotopic (exact) mass is 342 g/mol. The molecule has 0 saturated heterocycles. The Kier molecular flexibility index (Phi) is 5.50. The maximum absolute atomic E-state index is 12.1. The summed E-state index contributed by atoms with van der Waals surface area (Å²) in [6.07, 6.45) is 0. The van der Waals surface area contributed by atoms with E-state index < -0.39 is 4.92 Å². The van der Waals surface area contributed by atoms with E-state index in [-0.39, 0.29) is 17.3 Å². The predicted octanol–water partition coefficient (Wildman–Crippen LogP) is 3.21. The number of nitro groups is 1. The van der Waals surface area contributed by atoms with E-state index in [1.807, 2.05) is 13.0 Å². The van der Waals surface area contributed by atoms with Gasteiger partial charge in [0, 0.05) is 23.5 Å². The zero-order valence-corrected chi connectivity index (χ0v) is 13.9. The fourth-order valence-corrected chi connectivity index (χ4v) is 2.77. The lowest BCUT2D eigenvalue weighted by Crippen LogP contribution is -2.15. The van der Waals surface area contributed by atoms with Crippen LogP contribution in [-0.2, 0) is 4.79 Å². The van der Waals surface area contributed by atoms with Crippen LogP contribution in [0.25, 0.3) is 0 Å². The summed E-state index contributed by atoms with van der Waals surface area (Å²) in [6.45, 7) is 3.50. The number of thioether (sulfide) groups is 1. The molecule has 0 atom stereocenters. The number of nitriles is 1. The first kappa shape index (κ1) is 17.4. The average molecular weight is 342 g/mol. The van der Waals surface area contributed by atoms with Crippen LogP contribution in [0.1, 0.15) is 16.8 Å². The van der Waals surface area contributed by atoms with Gasteiger partial charge in [-0.2, -0.15) is 5.26 Å². The van der Waals surface area contributed by atoms with Gasteiger partial charge < -0.3 is 5.32 Å². The maximum Gasteiger partial charge on any atom is 0.269 e. The molecule has 0 spiro atoms. The van der Waals surface area contributed by atoms with E-state index >= 15 is 0 Å². The third kappa shape index (κ3) is 4.30. The summed E-state index contributed by atoms with van der Waals surface area (Å²) in [5.74, 6) is -0.189. The molecule has 122 valence electrons. The fraction of sp³-hybridized carbons (Fsp3) is 0.188. The number of aromatic nitrogens is 1. The smallest absolute Gasteiger partial charge is 0.269 e. The standard InChI is InChI=1S/C16H14N4O3S/c1-10-7-13(20(22)23)5-6-14(10)19-15(21)9-24-16-12(8-17)4-3-11(2)18-16/h3-7H,9H2,1-2H3,(H,19,21). The fourth-order valence-electron chi connectivity index (χ4n) is 1.95. The first-order chi connectivity index (χ1) is 11.4. The largest absolute Gasteiger partial charge is 0.325 e. The first-order valence-electron chi connectivity index (χ1n) is 6.96.